The van der Waals surface area contributed by atoms with Crippen LogP contribution < -0.4 is 0 Å². The van der Waals surface area contributed by atoms with E-state index in [-0.39, 0.29) is 0 Å². The Morgan fingerprint density at radius 3 is 1.05 bits per heavy atom. The molecular formula is C21H33Fe. The Bertz CT molecular complexity index is 399. The second kappa shape index (κ2) is 13.6. The predicted octanol–water partition coefficient (Wildman–Crippen LogP) is 7.21. The second-order valence-electron chi connectivity index (χ2n) is 4.70. The topological polar surface area (TPSA) is 0 Å². The van der Waals surface area contributed by atoms with Crippen molar-refractivity contribution in [3.05, 3.63) is 68.1 Å². The first-order valence-electron chi connectivity index (χ1n) is 8.31. The summed E-state index contributed by atoms with van der Waals surface area (Å²) < 4.78 is 4.73. The van der Waals surface area contributed by atoms with Gasteiger partial charge in [0.15, 0.2) is 0 Å². The van der Waals surface area contributed by atoms with Crippen LogP contribution in [-0.2, 0) is 13.9 Å². The van der Waals surface area contributed by atoms with Gasteiger partial charge in [0.05, 0.1) is 0 Å². The molecule has 0 nitrogen and oxygen atoms in total. The summed E-state index contributed by atoms with van der Waals surface area (Å²) in [5.41, 5.74) is 0. The zero-order valence-electron chi connectivity index (χ0n) is 15.2. The Hall–Kier alpha value is -1.04. The fraction of sp³-hybridized carbons (Fsp3) is 0.429. The monoisotopic (exact) mass is 341 g/mol. The standard InChI is InChI=1S/3C7H11.Fe/c3*1-3-5-7-6-4-2;/h3*3,5,7H,4H2,1-2H3;/b3*5-3+,7-6?;. The van der Waals surface area contributed by atoms with E-state index in [1.54, 1.807) is 13.4 Å². The number of allylic oxidation sites excluding steroid dienone is 12. The first-order valence-corrected chi connectivity index (χ1v) is 9.97. The normalized spacial score (nSPS) is 15.5. The van der Waals surface area contributed by atoms with E-state index in [4.69, 9.17) is 0 Å². The van der Waals surface area contributed by atoms with Crippen molar-refractivity contribution in [2.45, 2.75) is 60.8 Å². The quantitative estimate of drug-likeness (QED) is 0.307. The molecule has 0 aliphatic carbocycles. The third-order valence-corrected chi connectivity index (χ3v) is 6.92. The molecule has 0 radical (unpaired) electrons. The van der Waals surface area contributed by atoms with Crippen molar-refractivity contribution in [2.24, 2.45) is 0 Å². The van der Waals surface area contributed by atoms with E-state index in [9.17, 15) is 0 Å². The van der Waals surface area contributed by atoms with Gasteiger partial charge < -0.3 is 0 Å². The Morgan fingerprint density at radius 1 is 0.591 bits per heavy atom. The zero-order chi connectivity index (χ0) is 16.8. The fourth-order valence-corrected chi connectivity index (χ4v) is 5.35. The van der Waals surface area contributed by atoms with E-state index in [2.05, 4.69) is 96.2 Å². The van der Waals surface area contributed by atoms with Gasteiger partial charge in [0.25, 0.3) is 0 Å². The van der Waals surface area contributed by atoms with E-state index < -0.39 is 13.9 Å². The molecule has 0 aromatic heterocycles. The van der Waals surface area contributed by atoms with Crippen LogP contribution in [0, 0.1) is 0 Å². The van der Waals surface area contributed by atoms with Crippen LogP contribution in [0.3, 0.4) is 0 Å². The molecule has 0 aliphatic rings. The van der Waals surface area contributed by atoms with E-state index in [0.717, 1.165) is 19.3 Å². The van der Waals surface area contributed by atoms with Crippen molar-refractivity contribution < 1.29 is 13.9 Å². The van der Waals surface area contributed by atoms with Crippen LogP contribution in [0.25, 0.3) is 0 Å². The molecule has 0 amide bonds. The van der Waals surface area contributed by atoms with Gasteiger partial charge in [-0.1, -0.05) is 0 Å². The SMILES string of the molecule is C/C=C/C=[C](\CC)[Fe](/[C](=C/C=C/C)CC)/[C](=C/C=C/C)CC. The van der Waals surface area contributed by atoms with Crippen LogP contribution in [0.15, 0.2) is 68.1 Å². The molecule has 0 bridgehead atoms. The van der Waals surface area contributed by atoms with Crippen molar-refractivity contribution in [3.8, 4) is 0 Å². The number of rotatable bonds is 9. The molecule has 0 aliphatic heterocycles. The zero-order valence-corrected chi connectivity index (χ0v) is 16.3. The first-order chi connectivity index (χ1) is 10.7. The third-order valence-electron chi connectivity index (χ3n) is 3.06. The van der Waals surface area contributed by atoms with Gasteiger partial charge in [0.1, 0.15) is 0 Å². The van der Waals surface area contributed by atoms with E-state index >= 15 is 0 Å². The van der Waals surface area contributed by atoms with Crippen LogP contribution in [0.5, 0.6) is 0 Å². The molecule has 0 heterocycles. The average molecular weight is 341 g/mol. The summed E-state index contributed by atoms with van der Waals surface area (Å²) >= 11 is -0.578. The second-order valence-corrected chi connectivity index (χ2v) is 7.65. The van der Waals surface area contributed by atoms with Gasteiger partial charge >= 0.3 is 143 Å². The van der Waals surface area contributed by atoms with Gasteiger partial charge in [-0.15, -0.1) is 0 Å². The molecule has 0 saturated carbocycles. The molecule has 0 saturated heterocycles. The van der Waals surface area contributed by atoms with Crippen molar-refractivity contribution >= 4 is 0 Å². The van der Waals surface area contributed by atoms with E-state index in [1.807, 2.05) is 0 Å². The summed E-state index contributed by atoms with van der Waals surface area (Å²) in [5, 5.41) is 0. The Morgan fingerprint density at radius 2 is 0.864 bits per heavy atom. The molecule has 22 heavy (non-hydrogen) atoms. The van der Waals surface area contributed by atoms with Crippen molar-refractivity contribution in [1.29, 1.82) is 0 Å². The maximum atomic E-state index is 2.33. The Balaban J connectivity index is 6.03. The van der Waals surface area contributed by atoms with Crippen LogP contribution in [0.4, 0.5) is 0 Å². The van der Waals surface area contributed by atoms with Crippen molar-refractivity contribution in [2.75, 3.05) is 0 Å². The minimum atomic E-state index is -0.578. The Kier molecular flexibility index (Phi) is 13.0. The van der Waals surface area contributed by atoms with Crippen molar-refractivity contribution in [1.82, 2.24) is 0 Å². The summed E-state index contributed by atoms with van der Waals surface area (Å²) in [6, 6.07) is 0. The van der Waals surface area contributed by atoms with Gasteiger partial charge in [-0.3, -0.25) is 0 Å². The molecule has 0 aromatic carbocycles. The van der Waals surface area contributed by atoms with Crippen molar-refractivity contribution in [3.63, 3.8) is 0 Å². The van der Waals surface area contributed by atoms with Gasteiger partial charge in [-0.25, -0.2) is 0 Å². The van der Waals surface area contributed by atoms with Crippen LogP contribution in [0.2, 0.25) is 0 Å². The molecule has 0 spiro atoms. The van der Waals surface area contributed by atoms with Gasteiger partial charge in [-0.2, -0.15) is 0 Å². The summed E-state index contributed by atoms with van der Waals surface area (Å²) in [6.45, 7) is 13.1. The molecule has 0 fully saturated rings. The van der Waals surface area contributed by atoms with Crippen LogP contribution >= 0.6 is 0 Å². The summed E-state index contributed by atoms with van der Waals surface area (Å²) in [7, 11) is 0. The predicted molar refractivity (Wildman–Crippen MR) is 99.6 cm³/mol. The fourth-order valence-electron chi connectivity index (χ4n) is 1.94. The number of hydrogen-bond acceptors (Lipinski definition) is 0. The molecule has 0 rings (SSSR count). The van der Waals surface area contributed by atoms with E-state index in [1.165, 1.54) is 0 Å². The Labute approximate surface area is 143 Å². The number of hydrogen-bond donors (Lipinski definition) is 0. The summed E-state index contributed by atoms with van der Waals surface area (Å²) in [4.78, 5) is 0. The third kappa shape index (κ3) is 7.29. The molecule has 0 unspecified atom stereocenters. The summed E-state index contributed by atoms with van der Waals surface area (Å²) in [5.74, 6) is 0. The molecular weight excluding hydrogens is 308 g/mol. The van der Waals surface area contributed by atoms with Crippen LogP contribution in [-0.4, -0.2) is 0 Å². The molecule has 0 aromatic rings. The molecule has 1 heteroatoms. The van der Waals surface area contributed by atoms with Gasteiger partial charge in [0.2, 0.25) is 0 Å². The molecule has 125 valence electrons. The summed E-state index contributed by atoms with van der Waals surface area (Å²) in [6.07, 6.45) is 23.3. The maximum absolute atomic E-state index is 2.33. The first kappa shape index (κ1) is 21.0. The van der Waals surface area contributed by atoms with Gasteiger partial charge in [0, 0.05) is 0 Å². The molecule has 0 N–H and O–H groups in total. The van der Waals surface area contributed by atoms with Crippen LogP contribution in [0.1, 0.15) is 60.8 Å². The average Bonchev–Trinajstić information content (AvgIpc) is 2.55. The molecule has 0 atom stereocenters. The van der Waals surface area contributed by atoms with Gasteiger partial charge in [-0.05, 0) is 0 Å². The minimum absolute atomic E-state index is 0.578. The van der Waals surface area contributed by atoms with E-state index in [0.29, 0.717) is 0 Å².